The topological polar surface area (TPSA) is 200 Å². The molecule has 0 radical (unpaired) electrons. The van der Waals surface area contributed by atoms with Crippen LogP contribution in [0.5, 0.6) is 5.75 Å². The van der Waals surface area contributed by atoms with Crippen molar-refractivity contribution in [2.24, 2.45) is 5.92 Å². The minimum Gasteiger partial charge on any atom is -0.487 e. The number of aryl methyl sites for hydroxylation is 1. The number of rotatable bonds is 8. The fourth-order valence-electron chi connectivity index (χ4n) is 10.6. The normalized spacial score (nSPS) is 21.2. The van der Waals surface area contributed by atoms with E-state index < -0.39 is 5.91 Å². The molecule has 5 aliphatic rings. The third-order valence-corrected chi connectivity index (χ3v) is 14.1. The number of pyridine rings is 1. The number of carbonyl (C=O) groups excluding carboxylic acids is 3. The van der Waals surface area contributed by atoms with Crippen LogP contribution in [0.3, 0.4) is 0 Å². The Hall–Kier alpha value is -6.92. The monoisotopic (exact) mass is 920 g/mol. The maximum absolute atomic E-state index is 13.0. The average molecular weight is 921 g/mol. The zero-order chi connectivity index (χ0) is 46.8. The molecule has 9 heterocycles. The van der Waals surface area contributed by atoms with Crippen LogP contribution >= 0.6 is 0 Å². The number of piperidine rings is 1. The second-order valence-corrected chi connectivity index (χ2v) is 19.9. The van der Waals surface area contributed by atoms with Gasteiger partial charge in [0.1, 0.15) is 18.6 Å². The van der Waals surface area contributed by atoms with Crippen molar-refractivity contribution in [3.63, 3.8) is 0 Å². The Kier molecular flexibility index (Phi) is 11.1. The Morgan fingerprint density at radius 1 is 0.956 bits per heavy atom. The average Bonchev–Trinajstić information content (AvgIpc) is 3.97. The van der Waals surface area contributed by atoms with Gasteiger partial charge in [-0.1, -0.05) is 38.1 Å². The highest BCUT2D eigenvalue weighted by atomic mass is 16.5. The molecule has 68 heavy (non-hydrogen) atoms. The van der Waals surface area contributed by atoms with Gasteiger partial charge in [0, 0.05) is 96.4 Å². The lowest BCUT2D eigenvalue weighted by Crippen LogP contribution is -2.58. The summed E-state index contributed by atoms with van der Waals surface area (Å²) in [4.78, 5) is 68.5. The van der Waals surface area contributed by atoms with E-state index in [1.54, 1.807) is 11.2 Å². The molecule has 0 aliphatic carbocycles. The number of fused-ring (bicyclic) bond motifs is 7. The van der Waals surface area contributed by atoms with Gasteiger partial charge in [-0.3, -0.25) is 24.7 Å². The number of nitrogens with zero attached hydrogens (tertiary/aromatic N) is 9. The molecular weight excluding hydrogens is 865 g/mol. The van der Waals surface area contributed by atoms with E-state index in [1.165, 1.54) is 5.69 Å². The molecule has 3 saturated heterocycles. The van der Waals surface area contributed by atoms with Crippen molar-refractivity contribution in [3.05, 3.63) is 89.5 Å². The molecule has 352 valence electrons. The maximum Gasteiger partial charge on any atom is 0.328 e. The van der Waals surface area contributed by atoms with Gasteiger partial charge in [-0.05, 0) is 80.1 Å². The molecule has 2 aromatic carbocycles. The summed E-state index contributed by atoms with van der Waals surface area (Å²) in [6.07, 6.45) is 5.94. The Balaban J connectivity index is 0.720. The molecule has 0 spiro atoms. The maximum atomic E-state index is 13.0. The Morgan fingerprint density at radius 2 is 1.84 bits per heavy atom. The van der Waals surface area contributed by atoms with Gasteiger partial charge in [-0.15, -0.1) is 0 Å². The van der Waals surface area contributed by atoms with Crippen molar-refractivity contribution in [3.8, 4) is 28.3 Å². The van der Waals surface area contributed by atoms with Gasteiger partial charge < -0.3 is 34.1 Å². The molecule has 4 atom stereocenters. The number of piperazine rings is 1. The first-order chi connectivity index (χ1) is 32.8. The minimum absolute atomic E-state index is 0.0559. The standard InChI is InChI=1S/C50H56N12O6/c1-28-16-31(6-8-37(28)29(2)54-46(64)47-57-48(58-68-47)50(3,4)5)43-38-20-39(55-44(38)53-27-52-43)32-19-41-45(51-21-32)61-15-14-59(23-36(61)26-67-41)22-30-10-12-60-35(17-30)25-66-24-33-18-34(7-9-40(33)60)62-13-11-42(63)56-49(62)65/h6-9,16,18-21,27,29-30,35-36H,10-15,17,22-26H2,1-5H3,(H,54,64)(H,52,53,55)(H,56,63,65)/t29-,30+,35+,36-/m1/s1. The van der Waals surface area contributed by atoms with Crippen LogP contribution < -0.4 is 30.1 Å². The summed E-state index contributed by atoms with van der Waals surface area (Å²) in [6.45, 7) is 16.7. The summed E-state index contributed by atoms with van der Waals surface area (Å²) in [7, 11) is 0. The van der Waals surface area contributed by atoms with Gasteiger partial charge in [0.15, 0.2) is 17.4 Å². The number of H-pyrrole nitrogens is 1. The highest BCUT2D eigenvalue weighted by molar-refractivity contribution is 6.05. The number of carbonyl (C=O) groups is 3. The molecule has 0 bridgehead atoms. The van der Waals surface area contributed by atoms with Gasteiger partial charge in [0.05, 0.1) is 37.0 Å². The Labute approximate surface area is 393 Å². The molecule has 4 amide bonds. The summed E-state index contributed by atoms with van der Waals surface area (Å²) in [5.41, 5.74) is 8.91. The van der Waals surface area contributed by atoms with Gasteiger partial charge in [-0.2, -0.15) is 4.98 Å². The highest BCUT2D eigenvalue weighted by Gasteiger charge is 2.38. The van der Waals surface area contributed by atoms with Gasteiger partial charge in [0.25, 0.3) is 0 Å². The Morgan fingerprint density at radius 3 is 2.66 bits per heavy atom. The second kappa shape index (κ2) is 17.3. The number of hydrogen-bond donors (Lipinski definition) is 3. The minimum atomic E-state index is -0.418. The first-order valence-corrected chi connectivity index (χ1v) is 23.6. The molecule has 18 nitrogen and oxygen atoms in total. The number of imide groups is 1. The lowest BCUT2D eigenvalue weighted by atomic mass is 9.89. The van der Waals surface area contributed by atoms with Crippen LogP contribution in [0, 0.1) is 12.8 Å². The second-order valence-electron chi connectivity index (χ2n) is 19.9. The molecule has 5 aliphatic heterocycles. The van der Waals surface area contributed by atoms with Crippen molar-refractivity contribution in [1.82, 2.24) is 45.6 Å². The number of hydrogen-bond acceptors (Lipinski definition) is 14. The van der Waals surface area contributed by atoms with Crippen molar-refractivity contribution < 1.29 is 28.4 Å². The van der Waals surface area contributed by atoms with Crippen LogP contribution in [0.4, 0.5) is 22.0 Å². The lowest BCUT2D eigenvalue weighted by Gasteiger charge is -2.47. The molecule has 3 N–H and O–H groups in total. The summed E-state index contributed by atoms with van der Waals surface area (Å²) in [5.74, 6) is 1.99. The molecule has 3 fully saturated rings. The van der Waals surface area contributed by atoms with Crippen molar-refractivity contribution >= 4 is 46.1 Å². The predicted octanol–water partition coefficient (Wildman–Crippen LogP) is 6.31. The van der Waals surface area contributed by atoms with E-state index in [1.807, 2.05) is 65.1 Å². The largest absolute Gasteiger partial charge is 0.487 e. The zero-order valence-corrected chi connectivity index (χ0v) is 39.0. The fourth-order valence-corrected chi connectivity index (χ4v) is 10.6. The number of benzene rings is 2. The lowest BCUT2D eigenvalue weighted by molar-refractivity contribution is -0.120. The molecule has 11 rings (SSSR count). The van der Waals surface area contributed by atoms with E-state index in [4.69, 9.17) is 24.0 Å². The smallest absolute Gasteiger partial charge is 0.328 e. The predicted molar refractivity (Wildman–Crippen MR) is 255 cm³/mol. The van der Waals surface area contributed by atoms with Crippen molar-refractivity contribution in [2.75, 3.05) is 67.2 Å². The van der Waals surface area contributed by atoms with E-state index in [0.717, 1.165) is 113 Å². The fraction of sp³-hybridized carbons (Fsp3) is 0.440. The van der Waals surface area contributed by atoms with Gasteiger partial charge >= 0.3 is 17.8 Å². The number of ether oxygens (including phenoxy) is 2. The zero-order valence-electron chi connectivity index (χ0n) is 39.0. The summed E-state index contributed by atoms with van der Waals surface area (Å²) < 4.78 is 18.0. The van der Waals surface area contributed by atoms with Crippen molar-refractivity contribution in [2.45, 2.75) is 84.0 Å². The number of urea groups is 1. The SMILES string of the molecule is Cc1cc(-c2ncnc3[nH]c(-c4cnc5c(c4)OC[C@H]4CN(C[C@H]6CCN7c8ccc(N9CCC(=O)NC9=O)cc8COC[C@@H]7C6)CCN54)cc23)ccc1[C@@H](C)NC(=O)c1nc(C(C)(C)C)no1. The van der Waals surface area contributed by atoms with E-state index in [2.05, 4.69) is 69.7 Å². The summed E-state index contributed by atoms with van der Waals surface area (Å²) in [6, 6.07) is 16.3. The van der Waals surface area contributed by atoms with E-state index in [0.29, 0.717) is 44.5 Å². The molecule has 0 saturated carbocycles. The Bertz CT molecular complexity index is 2940. The summed E-state index contributed by atoms with van der Waals surface area (Å²) >= 11 is 0. The molecule has 6 aromatic rings. The third kappa shape index (κ3) is 8.29. The molecule has 0 unspecified atom stereocenters. The first-order valence-electron chi connectivity index (χ1n) is 23.6. The number of nitrogens with one attached hydrogen (secondary N) is 3. The van der Waals surface area contributed by atoms with Crippen molar-refractivity contribution in [1.29, 1.82) is 0 Å². The van der Waals surface area contributed by atoms with Gasteiger partial charge in [0.2, 0.25) is 5.91 Å². The quantitative estimate of drug-likeness (QED) is 0.153. The van der Waals surface area contributed by atoms with Crippen LogP contribution in [0.15, 0.2) is 65.6 Å². The van der Waals surface area contributed by atoms with Gasteiger partial charge in [-0.25, -0.2) is 19.7 Å². The number of amides is 4. The number of aromatic amines is 1. The van der Waals surface area contributed by atoms with Crippen LogP contribution in [0.1, 0.15) is 86.2 Å². The van der Waals surface area contributed by atoms with Crippen LogP contribution in [0.25, 0.3) is 33.5 Å². The first kappa shape index (κ1) is 43.6. The highest BCUT2D eigenvalue weighted by Crippen LogP contribution is 2.40. The molecular formula is C50H56N12O6. The van der Waals surface area contributed by atoms with Crippen LogP contribution in [0.2, 0.25) is 0 Å². The number of aromatic nitrogens is 6. The van der Waals surface area contributed by atoms with E-state index in [-0.39, 0.29) is 41.4 Å². The number of anilines is 3. The van der Waals surface area contributed by atoms with E-state index >= 15 is 0 Å². The van der Waals surface area contributed by atoms with E-state index in [9.17, 15) is 14.4 Å². The molecule has 18 heteroatoms. The molecule has 4 aromatic heterocycles. The van der Waals surface area contributed by atoms with Crippen LogP contribution in [-0.4, -0.2) is 117 Å². The van der Waals surface area contributed by atoms with Crippen LogP contribution in [-0.2, 0) is 21.6 Å². The summed E-state index contributed by atoms with van der Waals surface area (Å²) in [5, 5.41) is 10.3. The third-order valence-electron chi connectivity index (χ3n) is 14.1.